The van der Waals surface area contributed by atoms with Crippen LogP contribution in [0, 0.1) is 0 Å². The van der Waals surface area contributed by atoms with Gasteiger partial charge in [0, 0.05) is 27.2 Å². The van der Waals surface area contributed by atoms with E-state index in [0.29, 0.717) is 11.0 Å². The highest BCUT2D eigenvalue weighted by atomic mass is 16.4. The molecule has 0 atom stereocenters. The summed E-state index contributed by atoms with van der Waals surface area (Å²) in [4.78, 5) is 0. The highest BCUT2D eigenvalue weighted by molar-refractivity contribution is 6.13. The molecule has 8 nitrogen and oxygen atoms in total. The molecule has 0 aliphatic carbocycles. The molecule has 0 saturated heterocycles. The molecular weight excluding hydrogens is 663 g/mol. The first-order valence-corrected chi connectivity index (χ1v) is 17.1. The van der Waals surface area contributed by atoms with Crippen LogP contribution in [-0.4, -0.2) is 34.7 Å². The third-order valence-corrected chi connectivity index (χ3v) is 9.60. The van der Waals surface area contributed by atoms with Gasteiger partial charge < -0.3 is 40.4 Å². The summed E-state index contributed by atoms with van der Waals surface area (Å²) in [6.07, 6.45) is 16.0. The fourth-order valence-electron chi connectivity index (χ4n) is 7.09. The van der Waals surface area contributed by atoms with E-state index in [1.54, 1.807) is 10.6 Å². The van der Waals surface area contributed by atoms with E-state index in [4.69, 9.17) is 5.73 Å². The monoisotopic (exact) mass is 697 g/mol. The molecule has 8 aromatic rings. The van der Waals surface area contributed by atoms with Crippen molar-refractivity contribution in [3.63, 3.8) is 0 Å². The van der Waals surface area contributed by atoms with E-state index >= 15 is 0 Å². The fraction of sp³-hybridized carbons (Fsp3) is 0.0222. The number of allylic oxidation sites excluding steroid dienone is 7. The minimum absolute atomic E-state index is 0.243. The minimum Gasteiger partial charge on any atom is -0.503 e. The molecule has 0 aliphatic heterocycles. The second-order valence-electron chi connectivity index (χ2n) is 12.7. The normalized spacial score (nSPS) is 12.4. The molecule has 0 amide bonds. The maximum absolute atomic E-state index is 10.9. The lowest BCUT2D eigenvalue weighted by atomic mass is 10.0. The first kappa shape index (κ1) is 32.9. The highest BCUT2D eigenvalue weighted by Gasteiger charge is 2.27. The van der Waals surface area contributed by atoms with Gasteiger partial charge in [0.25, 0.3) is 0 Å². The Morgan fingerprint density at radius 3 is 1.51 bits per heavy atom. The molecule has 0 bridgehead atoms. The van der Waals surface area contributed by atoms with Crippen LogP contribution in [0.15, 0.2) is 158 Å². The number of phenolic OH excluding ortho intramolecular Hbond substituents is 5. The first-order chi connectivity index (χ1) is 25.9. The molecule has 53 heavy (non-hydrogen) atoms. The van der Waals surface area contributed by atoms with Gasteiger partial charge in [0.15, 0.2) is 11.5 Å². The van der Waals surface area contributed by atoms with Crippen LogP contribution in [0.1, 0.15) is 5.56 Å². The van der Waals surface area contributed by atoms with Gasteiger partial charge in [-0.05, 0) is 83.9 Å². The van der Waals surface area contributed by atoms with Crippen molar-refractivity contribution in [3.8, 4) is 51.2 Å². The molecule has 8 rings (SSSR count). The van der Waals surface area contributed by atoms with Gasteiger partial charge in [0.2, 0.25) is 17.2 Å². The quantitative estimate of drug-likeness (QED) is 0.0531. The molecule has 260 valence electrons. The zero-order valence-corrected chi connectivity index (χ0v) is 28.4. The van der Waals surface area contributed by atoms with Crippen LogP contribution >= 0.6 is 0 Å². The van der Waals surface area contributed by atoms with Crippen LogP contribution in [0.4, 0.5) is 0 Å². The van der Waals surface area contributed by atoms with Gasteiger partial charge in [0.1, 0.15) is 5.69 Å². The Labute approximate surface area is 304 Å². The van der Waals surface area contributed by atoms with Crippen molar-refractivity contribution in [2.75, 3.05) is 0 Å². The Balaban J connectivity index is 1.18. The molecule has 0 spiro atoms. The third-order valence-electron chi connectivity index (χ3n) is 9.60. The predicted octanol–water partition coefficient (Wildman–Crippen LogP) is 9.76. The van der Waals surface area contributed by atoms with Gasteiger partial charge >= 0.3 is 0 Å². The second-order valence-corrected chi connectivity index (χ2v) is 12.7. The van der Waals surface area contributed by atoms with Crippen LogP contribution in [0.2, 0.25) is 0 Å². The number of para-hydroxylation sites is 2. The number of nitrogens with zero attached hydrogens (tertiary/aromatic N) is 2. The Kier molecular flexibility index (Phi) is 8.32. The average Bonchev–Trinajstić information content (AvgIpc) is 3.70. The van der Waals surface area contributed by atoms with E-state index in [9.17, 15) is 25.5 Å². The zero-order valence-electron chi connectivity index (χ0n) is 28.4. The van der Waals surface area contributed by atoms with E-state index in [0.717, 1.165) is 55.8 Å². The van der Waals surface area contributed by atoms with Crippen LogP contribution in [0.3, 0.4) is 0 Å². The second kappa shape index (κ2) is 13.4. The van der Waals surface area contributed by atoms with E-state index in [1.807, 2.05) is 66.8 Å². The van der Waals surface area contributed by atoms with E-state index in [-0.39, 0.29) is 5.69 Å². The largest absolute Gasteiger partial charge is 0.503 e. The molecular formula is C45H35N3O5. The standard InChI is InChI=1S/C45H35N3O5/c46-25-11-5-3-1-2-4-6-12-28-17-21-31(22-18-28)47-36-15-9-7-13-32(36)34-26-29(19-23-38(34)47)30-20-24-39-35(27-30)33-14-8-10-16-37(33)48(39)40-41(49)43(51)45(53)44(52)42(40)50/h1-11,13-27,49-53H,12,46H2/b2-1+,5-3-,6-4+,25-11-. The van der Waals surface area contributed by atoms with Crippen molar-refractivity contribution in [2.45, 2.75) is 6.42 Å². The predicted molar refractivity (Wildman–Crippen MR) is 213 cm³/mol. The van der Waals surface area contributed by atoms with E-state index < -0.39 is 28.7 Å². The van der Waals surface area contributed by atoms with Crippen molar-refractivity contribution < 1.29 is 25.5 Å². The van der Waals surface area contributed by atoms with E-state index in [1.165, 1.54) is 11.8 Å². The number of aromatic nitrogens is 2. The number of nitrogens with two attached hydrogens (primary N) is 1. The molecule has 2 aromatic heterocycles. The van der Waals surface area contributed by atoms with Crippen molar-refractivity contribution in [3.05, 3.63) is 163 Å². The number of phenols is 5. The molecule has 0 aliphatic rings. The van der Waals surface area contributed by atoms with Gasteiger partial charge in [-0.3, -0.25) is 0 Å². The molecule has 0 fully saturated rings. The van der Waals surface area contributed by atoms with Gasteiger partial charge in [-0.2, -0.15) is 0 Å². The fourth-order valence-corrected chi connectivity index (χ4v) is 7.09. The highest BCUT2D eigenvalue weighted by Crippen LogP contribution is 2.54. The number of fused-ring (bicyclic) bond motifs is 6. The molecule has 8 heteroatoms. The van der Waals surface area contributed by atoms with Crippen LogP contribution < -0.4 is 5.73 Å². The Bertz CT molecular complexity index is 2790. The summed E-state index contributed by atoms with van der Waals surface area (Å²) >= 11 is 0. The number of hydrogen-bond donors (Lipinski definition) is 6. The third kappa shape index (κ3) is 5.59. The van der Waals surface area contributed by atoms with E-state index in [2.05, 4.69) is 83.4 Å². The van der Waals surface area contributed by atoms with Gasteiger partial charge in [-0.1, -0.05) is 97.1 Å². The summed E-state index contributed by atoms with van der Waals surface area (Å²) < 4.78 is 3.85. The summed E-state index contributed by atoms with van der Waals surface area (Å²) in [6.45, 7) is 0. The van der Waals surface area contributed by atoms with Crippen LogP contribution in [-0.2, 0) is 6.42 Å². The number of aromatic hydroxyl groups is 5. The molecule has 0 unspecified atom stereocenters. The van der Waals surface area contributed by atoms with Crippen molar-refractivity contribution in [1.82, 2.24) is 9.13 Å². The lowest BCUT2D eigenvalue weighted by Gasteiger charge is -2.15. The van der Waals surface area contributed by atoms with Crippen molar-refractivity contribution in [2.24, 2.45) is 5.73 Å². The van der Waals surface area contributed by atoms with Gasteiger partial charge in [-0.15, -0.1) is 0 Å². The summed E-state index contributed by atoms with van der Waals surface area (Å²) in [5, 5.41) is 56.4. The molecule has 7 N–H and O–H groups in total. The van der Waals surface area contributed by atoms with Gasteiger partial charge in [0.05, 0.1) is 22.1 Å². The smallest absolute Gasteiger partial charge is 0.208 e. The lowest BCUT2D eigenvalue weighted by Crippen LogP contribution is -1.96. The SMILES string of the molecule is N\C=C/C=C\C=C\C=C\Cc1ccc(-n2c3ccccc3c3cc(-c4ccc5c(c4)c4ccccc4n5-c4c(O)c(O)c(O)c(O)c4O)ccc32)cc1. The van der Waals surface area contributed by atoms with Crippen molar-refractivity contribution >= 4 is 43.6 Å². The zero-order chi connectivity index (χ0) is 36.6. The molecule has 0 radical (unpaired) electrons. The number of hydrogen-bond acceptors (Lipinski definition) is 6. The molecule has 0 saturated carbocycles. The lowest BCUT2D eigenvalue weighted by molar-refractivity contribution is 0.327. The average molecular weight is 698 g/mol. The van der Waals surface area contributed by atoms with Crippen molar-refractivity contribution in [1.29, 1.82) is 0 Å². The maximum Gasteiger partial charge on any atom is 0.208 e. The first-order valence-electron chi connectivity index (χ1n) is 17.1. The number of rotatable bonds is 8. The Hall–Kier alpha value is -7.32. The Morgan fingerprint density at radius 2 is 0.925 bits per heavy atom. The molecule has 2 heterocycles. The van der Waals surface area contributed by atoms with Crippen LogP contribution in [0.5, 0.6) is 28.7 Å². The topological polar surface area (TPSA) is 137 Å². The summed E-state index contributed by atoms with van der Waals surface area (Å²) in [7, 11) is 0. The summed E-state index contributed by atoms with van der Waals surface area (Å²) in [5.74, 6) is -4.37. The van der Waals surface area contributed by atoms with Gasteiger partial charge in [-0.25, -0.2) is 0 Å². The molecule has 6 aromatic carbocycles. The maximum atomic E-state index is 10.9. The number of benzene rings is 6. The summed E-state index contributed by atoms with van der Waals surface area (Å²) in [6, 6.07) is 36.9. The van der Waals surface area contributed by atoms with Crippen LogP contribution in [0.25, 0.3) is 66.1 Å². The Morgan fingerprint density at radius 1 is 0.453 bits per heavy atom. The minimum atomic E-state index is -1.00. The summed E-state index contributed by atoms with van der Waals surface area (Å²) in [5.41, 5.74) is 12.8.